The minimum atomic E-state index is -5.21. The molecule has 0 amide bonds. The Balaban J connectivity index is 2.68. The van der Waals surface area contributed by atoms with Crippen LogP contribution < -0.4 is 5.32 Å². The number of phosphoric ester groups is 1. The van der Waals surface area contributed by atoms with Gasteiger partial charge in [-0.05, 0) is 11.6 Å². The predicted octanol–water partition coefficient (Wildman–Crippen LogP) is 2.17. The Bertz CT molecular complexity index is 758. The summed E-state index contributed by atoms with van der Waals surface area (Å²) in [7, 11) is -10.2. The summed E-state index contributed by atoms with van der Waals surface area (Å²) < 4.78 is 29.5. The molecule has 24 heavy (non-hydrogen) atoms. The summed E-state index contributed by atoms with van der Waals surface area (Å²) >= 11 is 0. The molecule has 0 saturated carbocycles. The second-order valence-electron chi connectivity index (χ2n) is 3.95. The monoisotopic (exact) mass is 383 g/mol. The second kappa shape index (κ2) is 8.20. The van der Waals surface area contributed by atoms with Crippen molar-refractivity contribution in [2.75, 3.05) is 18.5 Å². The third-order valence-electron chi connectivity index (χ3n) is 2.22. The number of phosphoric acid groups is 2. The van der Waals surface area contributed by atoms with Crippen molar-refractivity contribution in [3.63, 3.8) is 0 Å². The minimum Gasteiger partial charge on any atom is -0.377 e. The molecule has 0 aromatic heterocycles. The van der Waals surface area contributed by atoms with Crippen molar-refractivity contribution in [3.8, 4) is 0 Å². The smallest absolute Gasteiger partial charge is 0.377 e. The van der Waals surface area contributed by atoms with Gasteiger partial charge < -0.3 is 20.0 Å². The van der Waals surface area contributed by atoms with Gasteiger partial charge in [-0.15, -0.1) is 0 Å². The van der Waals surface area contributed by atoms with Crippen LogP contribution in [0, 0.1) is 10.1 Å². The Morgan fingerprint density at radius 1 is 1.38 bits per heavy atom. The topological polar surface area (TPSA) is 217 Å². The first-order chi connectivity index (χ1) is 11.0. The van der Waals surface area contributed by atoms with Crippen molar-refractivity contribution in [1.82, 2.24) is 0 Å². The third kappa shape index (κ3) is 7.04. The molecule has 0 saturated heterocycles. The molecule has 0 fully saturated rings. The number of nitrogens with one attached hydrogen (secondary N) is 1. The van der Waals surface area contributed by atoms with Crippen LogP contribution in [0.25, 0.3) is 10.4 Å². The van der Waals surface area contributed by atoms with Gasteiger partial charge in [0.25, 0.3) is 5.69 Å². The number of anilines is 1. The molecule has 0 spiro atoms. The van der Waals surface area contributed by atoms with Gasteiger partial charge in [-0.1, -0.05) is 11.2 Å². The van der Waals surface area contributed by atoms with Crippen LogP contribution in [0.5, 0.6) is 0 Å². The summed E-state index contributed by atoms with van der Waals surface area (Å²) in [5, 5.41) is 16.7. The molecular weight excluding hydrogens is 372 g/mol. The summed E-state index contributed by atoms with van der Waals surface area (Å²) in [5.74, 6) is 0. The summed E-state index contributed by atoms with van der Waals surface area (Å²) in [4.78, 5) is 38.5. The Hall–Kier alpha value is -2.01. The van der Waals surface area contributed by atoms with E-state index in [2.05, 4.69) is 24.2 Å². The summed E-state index contributed by atoms with van der Waals surface area (Å²) in [6.07, 6.45) is 0. The summed E-state index contributed by atoms with van der Waals surface area (Å²) in [6, 6.07) is 3.55. The maximum absolute atomic E-state index is 11.2. The summed E-state index contributed by atoms with van der Waals surface area (Å²) in [5.41, 5.74) is 7.89. The summed E-state index contributed by atoms with van der Waals surface area (Å²) in [6.45, 7) is -0.778. The molecule has 132 valence electrons. The Morgan fingerprint density at radius 2 is 2.04 bits per heavy atom. The quantitative estimate of drug-likeness (QED) is 0.0926. The minimum absolute atomic E-state index is 0.00386. The number of hydrogen-bond acceptors (Lipinski definition) is 8. The highest BCUT2D eigenvalue weighted by molar-refractivity contribution is 7.60. The van der Waals surface area contributed by atoms with E-state index in [4.69, 9.17) is 20.2 Å². The molecule has 0 aliphatic carbocycles. The van der Waals surface area contributed by atoms with Crippen molar-refractivity contribution in [3.05, 3.63) is 38.8 Å². The zero-order valence-electron chi connectivity index (χ0n) is 11.6. The number of nitrogens with zero attached hydrogens (tertiary/aromatic N) is 4. The van der Waals surface area contributed by atoms with Gasteiger partial charge in [-0.2, -0.15) is 4.31 Å². The fourth-order valence-corrected chi connectivity index (χ4v) is 3.02. The third-order valence-corrected chi connectivity index (χ3v) is 4.40. The molecule has 0 bridgehead atoms. The molecule has 0 heterocycles. The van der Waals surface area contributed by atoms with Crippen LogP contribution in [0.2, 0.25) is 0 Å². The number of hydrogen-bond donors (Lipinski definition) is 4. The van der Waals surface area contributed by atoms with E-state index in [9.17, 15) is 19.2 Å². The fourth-order valence-electron chi connectivity index (χ4n) is 1.44. The van der Waals surface area contributed by atoms with Gasteiger partial charge in [0.15, 0.2) is 0 Å². The SMILES string of the molecule is [N-]=[N+]=Nc1ccc(NCCOP(=O)(O)OP(=O)(O)O)c([N+](=O)[O-])c1. The zero-order chi connectivity index (χ0) is 18.4. The molecule has 1 aromatic rings. The van der Waals surface area contributed by atoms with Crippen LogP contribution in [0.1, 0.15) is 0 Å². The highest BCUT2D eigenvalue weighted by Gasteiger charge is 2.32. The average molecular weight is 383 g/mol. The molecule has 1 unspecified atom stereocenters. The van der Waals surface area contributed by atoms with Gasteiger partial charge in [-0.25, -0.2) is 9.13 Å². The Morgan fingerprint density at radius 3 is 2.58 bits per heavy atom. The van der Waals surface area contributed by atoms with Crippen molar-refractivity contribution in [2.45, 2.75) is 0 Å². The normalized spacial score (nSPS) is 13.6. The van der Waals surface area contributed by atoms with Gasteiger partial charge in [-0.3, -0.25) is 14.6 Å². The van der Waals surface area contributed by atoms with Crippen molar-refractivity contribution in [2.24, 2.45) is 5.11 Å². The number of nitro groups is 1. The second-order valence-corrected chi connectivity index (χ2v) is 6.78. The molecule has 14 nitrogen and oxygen atoms in total. The number of nitro benzene ring substituents is 1. The lowest BCUT2D eigenvalue weighted by atomic mass is 10.2. The van der Waals surface area contributed by atoms with Crippen molar-refractivity contribution in [1.29, 1.82) is 0 Å². The molecular formula is C8H11N5O9P2. The van der Waals surface area contributed by atoms with Crippen LogP contribution in [0.4, 0.5) is 17.1 Å². The van der Waals surface area contributed by atoms with Crippen molar-refractivity contribution < 1.29 is 37.6 Å². The predicted molar refractivity (Wildman–Crippen MR) is 79.3 cm³/mol. The van der Waals surface area contributed by atoms with Gasteiger partial charge in [0, 0.05) is 23.2 Å². The van der Waals surface area contributed by atoms with Crippen LogP contribution in [0.15, 0.2) is 23.3 Å². The zero-order valence-corrected chi connectivity index (χ0v) is 13.4. The first-order valence-corrected chi connectivity index (χ1v) is 8.88. The maximum Gasteiger partial charge on any atom is 0.481 e. The van der Waals surface area contributed by atoms with Crippen LogP contribution >= 0.6 is 15.6 Å². The molecule has 1 atom stereocenters. The number of azide groups is 1. The van der Waals surface area contributed by atoms with E-state index in [0.29, 0.717) is 0 Å². The van der Waals surface area contributed by atoms with Gasteiger partial charge in [0.05, 0.1) is 11.5 Å². The lowest BCUT2D eigenvalue weighted by Gasteiger charge is -2.13. The lowest BCUT2D eigenvalue weighted by molar-refractivity contribution is -0.383. The molecule has 1 aromatic carbocycles. The van der Waals surface area contributed by atoms with E-state index >= 15 is 0 Å². The lowest BCUT2D eigenvalue weighted by Crippen LogP contribution is -2.10. The molecule has 0 aliphatic heterocycles. The molecule has 4 N–H and O–H groups in total. The number of rotatable bonds is 9. The maximum atomic E-state index is 11.2. The van der Waals surface area contributed by atoms with E-state index < -0.39 is 32.9 Å². The van der Waals surface area contributed by atoms with Gasteiger partial charge >= 0.3 is 15.6 Å². The van der Waals surface area contributed by atoms with Gasteiger partial charge in [0.2, 0.25) is 0 Å². The Labute approximate surface area is 133 Å². The molecule has 1 rings (SSSR count). The van der Waals surface area contributed by atoms with E-state index in [1.54, 1.807) is 0 Å². The standard InChI is InChI=1S/C8H11N5O9P2/c9-12-11-6-1-2-7(8(5-6)13(14)15)10-3-4-21-24(19,20)22-23(16,17)18/h1-2,5,10H,3-4H2,(H,19,20)(H2,16,17,18). The first-order valence-electron chi connectivity index (χ1n) is 5.86. The van der Waals surface area contributed by atoms with E-state index in [-0.39, 0.29) is 17.9 Å². The molecule has 0 radical (unpaired) electrons. The van der Waals surface area contributed by atoms with Crippen LogP contribution in [-0.2, 0) is 18.0 Å². The number of benzene rings is 1. The molecule has 16 heteroatoms. The fraction of sp³-hybridized carbons (Fsp3) is 0.250. The van der Waals surface area contributed by atoms with E-state index in [0.717, 1.165) is 6.07 Å². The van der Waals surface area contributed by atoms with E-state index in [1.807, 2.05) is 0 Å². The first kappa shape index (κ1) is 20.0. The van der Waals surface area contributed by atoms with Crippen LogP contribution in [-0.4, -0.2) is 32.8 Å². The Kier molecular flexibility index (Phi) is 6.84. The molecule has 0 aliphatic rings. The van der Waals surface area contributed by atoms with Gasteiger partial charge in [0.1, 0.15) is 5.69 Å². The van der Waals surface area contributed by atoms with Crippen LogP contribution in [0.3, 0.4) is 0 Å². The largest absolute Gasteiger partial charge is 0.481 e. The highest BCUT2D eigenvalue weighted by Crippen LogP contribution is 2.57. The van der Waals surface area contributed by atoms with Crippen molar-refractivity contribution >= 4 is 32.7 Å². The highest BCUT2D eigenvalue weighted by atomic mass is 31.3. The average Bonchev–Trinajstić information content (AvgIpc) is 2.42. The van der Waals surface area contributed by atoms with E-state index in [1.165, 1.54) is 12.1 Å².